The topological polar surface area (TPSA) is 67.4 Å². The number of esters is 1. The lowest BCUT2D eigenvalue weighted by molar-refractivity contribution is -0.139. The monoisotopic (exact) mass is 278 g/mol. The van der Waals surface area contributed by atoms with E-state index in [-0.39, 0.29) is 12.4 Å². The summed E-state index contributed by atoms with van der Waals surface area (Å²) in [6, 6.07) is 4.55. The highest BCUT2D eigenvalue weighted by Gasteiger charge is 2.31. The van der Waals surface area contributed by atoms with Crippen molar-refractivity contribution in [2.24, 2.45) is 0 Å². The fourth-order valence-electron chi connectivity index (χ4n) is 2.08. The third-order valence-corrected chi connectivity index (χ3v) is 2.97. The summed E-state index contributed by atoms with van der Waals surface area (Å²) < 4.78 is 18.0. The number of urea groups is 1. The van der Waals surface area contributed by atoms with E-state index in [4.69, 9.17) is 4.74 Å². The number of benzene rings is 1. The average molecular weight is 278 g/mol. The van der Waals surface area contributed by atoms with Crippen molar-refractivity contribution < 1.29 is 18.7 Å². The second-order valence-electron chi connectivity index (χ2n) is 4.34. The Morgan fingerprint density at radius 3 is 2.60 bits per heavy atom. The van der Waals surface area contributed by atoms with Gasteiger partial charge < -0.3 is 15.4 Å². The minimum absolute atomic E-state index is 0.236. The lowest BCUT2D eigenvalue weighted by atomic mass is 9.95. The van der Waals surface area contributed by atoms with Crippen molar-refractivity contribution in [3.63, 3.8) is 0 Å². The van der Waals surface area contributed by atoms with E-state index < -0.39 is 18.0 Å². The molecule has 0 fully saturated rings. The molecule has 0 saturated heterocycles. The molecule has 106 valence electrons. The molecule has 1 heterocycles. The first-order valence-corrected chi connectivity index (χ1v) is 6.23. The van der Waals surface area contributed by atoms with Crippen molar-refractivity contribution >= 4 is 12.0 Å². The molecule has 5 nitrogen and oxygen atoms in total. The molecule has 1 atom stereocenters. The number of rotatable bonds is 3. The number of ether oxygens (including phenoxy) is 1. The van der Waals surface area contributed by atoms with E-state index in [1.165, 1.54) is 24.3 Å². The number of nitrogens with one attached hydrogen (secondary N) is 2. The van der Waals surface area contributed by atoms with Gasteiger partial charge in [-0.25, -0.2) is 14.0 Å². The summed E-state index contributed by atoms with van der Waals surface area (Å²) in [4.78, 5) is 23.6. The number of amides is 2. The summed E-state index contributed by atoms with van der Waals surface area (Å²) in [7, 11) is 0. The molecule has 0 aromatic heterocycles. The van der Waals surface area contributed by atoms with Gasteiger partial charge in [-0.1, -0.05) is 12.1 Å². The van der Waals surface area contributed by atoms with Crippen molar-refractivity contribution in [2.75, 3.05) is 6.61 Å². The largest absolute Gasteiger partial charge is 0.463 e. The third-order valence-electron chi connectivity index (χ3n) is 2.97. The number of carbonyl (C=O) groups is 2. The van der Waals surface area contributed by atoms with Gasteiger partial charge >= 0.3 is 12.0 Å². The normalized spacial score (nSPS) is 18.4. The van der Waals surface area contributed by atoms with Gasteiger partial charge in [0.05, 0.1) is 18.2 Å². The lowest BCUT2D eigenvalue weighted by Gasteiger charge is -2.28. The summed E-state index contributed by atoms with van der Waals surface area (Å²) in [5, 5.41) is 5.18. The summed E-state index contributed by atoms with van der Waals surface area (Å²) in [5.74, 6) is -0.890. The molecule has 0 unspecified atom stereocenters. The van der Waals surface area contributed by atoms with Gasteiger partial charge in [0.15, 0.2) is 0 Å². The summed E-state index contributed by atoms with van der Waals surface area (Å²) in [6.07, 6.45) is 0. The fraction of sp³-hybridized carbons (Fsp3) is 0.286. The summed E-state index contributed by atoms with van der Waals surface area (Å²) >= 11 is 0. The zero-order chi connectivity index (χ0) is 14.7. The predicted molar refractivity (Wildman–Crippen MR) is 70.1 cm³/mol. The van der Waals surface area contributed by atoms with Crippen molar-refractivity contribution in [3.8, 4) is 0 Å². The molecule has 0 spiro atoms. The van der Waals surface area contributed by atoms with Gasteiger partial charge in [0.2, 0.25) is 0 Å². The van der Waals surface area contributed by atoms with Gasteiger partial charge in [0.25, 0.3) is 0 Å². The number of hydrogen-bond donors (Lipinski definition) is 2. The molecule has 6 heteroatoms. The van der Waals surface area contributed by atoms with Crippen LogP contribution in [0.25, 0.3) is 0 Å². The van der Waals surface area contributed by atoms with Crippen LogP contribution in [0.5, 0.6) is 0 Å². The molecule has 0 aliphatic carbocycles. The Kier molecular flexibility index (Phi) is 4.02. The third kappa shape index (κ3) is 2.79. The number of allylic oxidation sites excluding steroid dienone is 1. The molecule has 0 radical (unpaired) electrons. The van der Waals surface area contributed by atoms with Gasteiger partial charge in [-0.2, -0.15) is 0 Å². The van der Waals surface area contributed by atoms with Crippen LogP contribution in [0.3, 0.4) is 0 Å². The Morgan fingerprint density at radius 1 is 1.35 bits per heavy atom. The van der Waals surface area contributed by atoms with Gasteiger partial charge in [0.1, 0.15) is 5.82 Å². The minimum atomic E-state index is -0.650. The molecule has 0 bridgehead atoms. The summed E-state index contributed by atoms with van der Waals surface area (Å²) in [5.41, 5.74) is 1.36. The maximum absolute atomic E-state index is 13.0. The quantitative estimate of drug-likeness (QED) is 0.831. The smallest absolute Gasteiger partial charge is 0.338 e. The Labute approximate surface area is 115 Å². The zero-order valence-corrected chi connectivity index (χ0v) is 11.2. The van der Waals surface area contributed by atoms with Crippen LogP contribution in [0.4, 0.5) is 9.18 Å². The second kappa shape index (κ2) is 5.73. The van der Waals surface area contributed by atoms with E-state index in [2.05, 4.69) is 10.6 Å². The molecule has 0 saturated carbocycles. The molecule has 2 N–H and O–H groups in total. The second-order valence-corrected chi connectivity index (χ2v) is 4.34. The van der Waals surface area contributed by atoms with Crippen molar-refractivity contribution in [1.82, 2.24) is 10.6 Å². The van der Waals surface area contributed by atoms with E-state index in [0.717, 1.165) is 0 Å². The zero-order valence-electron chi connectivity index (χ0n) is 11.2. The highest BCUT2D eigenvalue weighted by atomic mass is 19.1. The molecule has 1 aliphatic rings. The summed E-state index contributed by atoms with van der Waals surface area (Å²) in [6.45, 7) is 3.57. The SMILES string of the molecule is CCOC(=O)C1=C(C)NC(=O)N[C@@H]1c1ccc(F)cc1. The fourth-order valence-corrected chi connectivity index (χ4v) is 2.08. The van der Waals surface area contributed by atoms with Crippen LogP contribution < -0.4 is 10.6 Å². The van der Waals surface area contributed by atoms with Gasteiger partial charge in [-0.3, -0.25) is 0 Å². The highest BCUT2D eigenvalue weighted by Crippen LogP contribution is 2.27. The van der Waals surface area contributed by atoms with E-state index in [0.29, 0.717) is 16.8 Å². The van der Waals surface area contributed by atoms with E-state index in [1.54, 1.807) is 13.8 Å². The van der Waals surface area contributed by atoms with Gasteiger partial charge in [-0.05, 0) is 31.5 Å². The first kappa shape index (κ1) is 14.0. The van der Waals surface area contributed by atoms with Crippen molar-refractivity contribution in [3.05, 3.63) is 46.9 Å². The number of hydrogen-bond acceptors (Lipinski definition) is 3. The molecule has 1 aromatic carbocycles. The lowest BCUT2D eigenvalue weighted by Crippen LogP contribution is -2.45. The van der Waals surface area contributed by atoms with E-state index in [9.17, 15) is 14.0 Å². The Balaban J connectivity index is 2.41. The molecular formula is C14H15FN2O3. The van der Waals surface area contributed by atoms with Gasteiger partial charge in [-0.15, -0.1) is 0 Å². The van der Waals surface area contributed by atoms with Crippen LogP contribution in [-0.2, 0) is 9.53 Å². The minimum Gasteiger partial charge on any atom is -0.463 e. The maximum Gasteiger partial charge on any atom is 0.338 e. The average Bonchev–Trinajstić information content (AvgIpc) is 2.38. The van der Waals surface area contributed by atoms with E-state index in [1.807, 2.05) is 0 Å². The molecule has 2 amide bonds. The van der Waals surface area contributed by atoms with Crippen molar-refractivity contribution in [1.29, 1.82) is 0 Å². The Bertz CT molecular complexity index is 566. The van der Waals surface area contributed by atoms with Crippen LogP contribution >= 0.6 is 0 Å². The van der Waals surface area contributed by atoms with Crippen LogP contribution in [0, 0.1) is 5.82 Å². The molecular weight excluding hydrogens is 263 g/mol. The maximum atomic E-state index is 13.0. The first-order valence-electron chi connectivity index (χ1n) is 6.23. The van der Waals surface area contributed by atoms with Gasteiger partial charge in [0, 0.05) is 5.70 Å². The Hall–Kier alpha value is -2.37. The molecule has 2 rings (SSSR count). The van der Waals surface area contributed by atoms with Crippen LogP contribution in [-0.4, -0.2) is 18.6 Å². The number of halogens is 1. The van der Waals surface area contributed by atoms with Crippen LogP contribution in [0.15, 0.2) is 35.5 Å². The molecule has 20 heavy (non-hydrogen) atoms. The predicted octanol–water partition coefficient (Wildman–Crippen LogP) is 2.02. The van der Waals surface area contributed by atoms with Crippen LogP contribution in [0.2, 0.25) is 0 Å². The van der Waals surface area contributed by atoms with Crippen molar-refractivity contribution in [2.45, 2.75) is 19.9 Å². The Morgan fingerprint density at radius 2 is 2.00 bits per heavy atom. The standard InChI is InChI=1S/C14H15FN2O3/c1-3-20-13(18)11-8(2)16-14(19)17-12(11)9-4-6-10(15)7-5-9/h4-7,12H,3H2,1-2H3,(H2,16,17,19)/t12-/m1/s1. The molecule has 1 aromatic rings. The first-order chi connectivity index (χ1) is 9.52. The van der Waals surface area contributed by atoms with E-state index >= 15 is 0 Å². The number of carbonyl (C=O) groups excluding carboxylic acids is 2. The molecule has 1 aliphatic heterocycles. The highest BCUT2D eigenvalue weighted by molar-refractivity contribution is 5.94. The van der Waals surface area contributed by atoms with Crippen LogP contribution in [0.1, 0.15) is 25.5 Å².